The van der Waals surface area contributed by atoms with Gasteiger partial charge in [-0.15, -0.1) is 11.3 Å². The van der Waals surface area contributed by atoms with Crippen molar-refractivity contribution < 1.29 is 19.2 Å². The van der Waals surface area contributed by atoms with Crippen molar-refractivity contribution >= 4 is 56.3 Å². The second kappa shape index (κ2) is 7.11. The van der Waals surface area contributed by atoms with Crippen molar-refractivity contribution in [2.24, 2.45) is 0 Å². The van der Waals surface area contributed by atoms with Gasteiger partial charge in [-0.1, -0.05) is 17.7 Å². The van der Waals surface area contributed by atoms with Crippen molar-refractivity contribution in [3.8, 4) is 0 Å². The highest BCUT2D eigenvalue weighted by molar-refractivity contribution is 7.21. The van der Waals surface area contributed by atoms with Gasteiger partial charge in [0.1, 0.15) is 4.88 Å². The maximum Gasteiger partial charge on any atom is 0.349 e. The summed E-state index contributed by atoms with van der Waals surface area (Å²) in [6.07, 6.45) is 0. The van der Waals surface area contributed by atoms with Gasteiger partial charge in [0, 0.05) is 33.5 Å². The number of nitro benzene ring substituents is 1. The summed E-state index contributed by atoms with van der Waals surface area (Å²) in [6, 6.07) is 10.4. The molecule has 0 saturated carbocycles. The number of methoxy groups -OCH3 is 1. The number of hydrogen-bond acceptors (Lipinski definition) is 6. The van der Waals surface area contributed by atoms with Crippen LogP contribution in [-0.2, 0) is 4.74 Å². The third kappa shape index (κ3) is 3.37. The molecule has 3 aromatic rings. The number of benzene rings is 2. The predicted molar refractivity (Wildman–Crippen MR) is 99.2 cm³/mol. The van der Waals surface area contributed by atoms with E-state index in [0.29, 0.717) is 20.8 Å². The number of nitro groups is 1. The fourth-order valence-electron chi connectivity index (χ4n) is 2.33. The minimum absolute atomic E-state index is 0.166. The number of non-ortho nitro benzene ring substituents is 1. The lowest BCUT2D eigenvalue weighted by Gasteiger charge is -2.05. The van der Waals surface area contributed by atoms with E-state index < -0.39 is 16.8 Å². The van der Waals surface area contributed by atoms with Crippen LogP contribution in [0.25, 0.3) is 10.1 Å². The lowest BCUT2D eigenvalue weighted by atomic mass is 10.1. The Morgan fingerprint density at radius 2 is 2.00 bits per heavy atom. The summed E-state index contributed by atoms with van der Waals surface area (Å²) in [5.41, 5.74) is 0.475. The molecular weight excluding hydrogens is 380 g/mol. The van der Waals surface area contributed by atoms with Gasteiger partial charge in [0.15, 0.2) is 0 Å². The van der Waals surface area contributed by atoms with Gasteiger partial charge in [-0.05, 0) is 24.3 Å². The topological polar surface area (TPSA) is 98.5 Å². The van der Waals surface area contributed by atoms with Gasteiger partial charge in [0.05, 0.1) is 17.1 Å². The van der Waals surface area contributed by atoms with Crippen LogP contribution in [0.3, 0.4) is 0 Å². The lowest BCUT2D eigenvalue weighted by molar-refractivity contribution is -0.384. The number of anilines is 1. The van der Waals surface area contributed by atoms with Crippen LogP contribution in [-0.4, -0.2) is 23.9 Å². The average molecular weight is 391 g/mol. The number of carbonyl (C=O) groups excluding carboxylic acids is 2. The number of hydrogen-bond donors (Lipinski definition) is 1. The number of esters is 1. The highest BCUT2D eigenvalue weighted by Gasteiger charge is 2.18. The summed E-state index contributed by atoms with van der Waals surface area (Å²) in [7, 11) is 1.27. The molecule has 0 atom stereocenters. The number of amides is 1. The molecule has 0 aliphatic carbocycles. The number of fused-ring (bicyclic) bond motifs is 1. The van der Waals surface area contributed by atoms with E-state index in [1.807, 2.05) is 0 Å². The second-order valence-corrected chi connectivity index (χ2v) is 6.64. The molecule has 3 rings (SSSR count). The average Bonchev–Trinajstić information content (AvgIpc) is 2.97. The first-order chi connectivity index (χ1) is 12.4. The zero-order valence-electron chi connectivity index (χ0n) is 13.3. The van der Waals surface area contributed by atoms with E-state index in [1.54, 1.807) is 18.2 Å². The minimum Gasteiger partial charge on any atom is -0.465 e. The van der Waals surface area contributed by atoms with Crippen molar-refractivity contribution in [1.29, 1.82) is 0 Å². The number of halogens is 1. The number of nitrogens with zero attached hydrogens (tertiary/aromatic N) is 1. The molecule has 2 aromatic carbocycles. The Kier molecular flexibility index (Phi) is 4.88. The van der Waals surface area contributed by atoms with Crippen molar-refractivity contribution in [2.45, 2.75) is 0 Å². The van der Waals surface area contributed by atoms with Crippen LogP contribution >= 0.6 is 22.9 Å². The molecule has 0 fully saturated rings. The summed E-state index contributed by atoms with van der Waals surface area (Å²) in [5, 5.41) is 14.5. The molecule has 9 heteroatoms. The molecule has 1 aromatic heterocycles. The van der Waals surface area contributed by atoms with Crippen molar-refractivity contribution in [1.82, 2.24) is 0 Å². The highest BCUT2D eigenvalue weighted by atomic mass is 35.5. The van der Waals surface area contributed by atoms with Gasteiger partial charge in [-0.2, -0.15) is 0 Å². The molecule has 0 saturated heterocycles. The Morgan fingerprint density at radius 1 is 1.23 bits per heavy atom. The van der Waals surface area contributed by atoms with Gasteiger partial charge in [0.25, 0.3) is 11.6 Å². The van der Waals surface area contributed by atoms with Gasteiger partial charge >= 0.3 is 5.97 Å². The van der Waals surface area contributed by atoms with Gasteiger partial charge < -0.3 is 10.1 Å². The zero-order chi connectivity index (χ0) is 18.8. The zero-order valence-corrected chi connectivity index (χ0v) is 14.9. The van der Waals surface area contributed by atoms with Crippen LogP contribution < -0.4 is 5.32 Å². The standard InChI is InChI=1S/C17H11ClN2O5S/c1-25-17(22)15-14(18)12-6-5-10(8-13(12)26-15)19-16(21)9-3-2-4-11(7-9)20(23)24/h2-8H,1H3,(H,19,21). The maximum atomic E-state index is 12.3. The summed E-state index contributed by atoms with van der Waals surface area (Å²) < 4.78 is 5.39. The van der Waals surface area contributed by atoms with Gasteiger partial charge in [0.2, 0.25) is 0 Å². The lowest BCUT2D eigenvalue weighted by Crippen LogP contribution is -2.11. The third-order valence-electron chi connectivity index (χ3n) is 3.58. The summed E-state index contributed by atoms with van der Waals surface area (Å²) in [6.45, 7) is 0. The molecule has 132 valence electrons. The summed E-state index contributed by atoms with van der Waals surface area (Å²) in [4.78, 5) is 34.6. The predicted octanol–water partition coefficient (Wildman–Crippen LogP) is 4.50. The van der Waals surface area contributed by atoms with Crippen LogP contribution in [0.15, 0.2) is 42.5 Å². The SMILES string of the molecule is COC(=O)c1sc2cc(NC(=O)c3cccc([N+](=O)[O-])c3)ccc2c1Cl. The Hall–Kier alpha value is -2.97. The summed E-state index contributed by atoms with van der Waals surface area (Å²) in [5.74, 6) is -1.01. The van der Waals surface area contributed by atoms with Crippen LogP contribution in [0.5, 0.6) is 0 Å². The maximum absolute atomic E-state index is 12.3. The number of nitrogens with one attached hydrogen (secondary N) is 1. The molecule has 0 radical (unpaired) electrons. The first-order valence-corrected chi connectivity index (χ1v) is 8.46. The third-order valence-corrected chi connectivity index (χ3v) is 5.21. The first-order valence-electron chi connectivity index (χ1n) is 7.27. The van der Waals surface area contributed by atoms with E-state index in [0.717, 1.165) is 11.3 Å². The summed E-state index contributed by atoms with van der Waals surface area (Å²) >= 11 is 7.34. The molecule has 1 amide bonds. The molecule has 1 heterocycles. The Labute approximate surface area is 156 Å². The van der Waals surface area contributed by atoms with E-state index in [-0.39, 0.29) is 16.1 Å². The molecule has 1 N–H and O–H groups in total. The van der Waals surface area contributed by atoms with E-state index in [2.05, 4.69) is 5.32 Å². The fraction of sp³-hybridized carbons (Fsp3) is 0.0588. The number of ether oxygens (including phenoxy) is 1. The molecule has 0 aliphatic rings. The Morgan fingerprint density at radius 3 is 2.69 bits per heavy atom. The van der Waals surface area contributed by atoms with Crippen molar-refractivity contribution in [3.05, 3.63) is 68.0 Å². The van der Waals surface area contributed by atoms with Crippen LogP contribution in [0, 0.1) is 10.1 Å². The van der Waals surface area contributed by atoms with E-state index in [9.17, 15) is 19.7 Å². The van der Waals surface area contributed by atoms with E-state index in [1.165, 1.54) is 31.4 Å². The van der Waals surface area contributed by atoms with E-state index in [4.69, 9.17) is 16.3 Å². The molecular formula is C17H11ClN2O5S. The molecule has 0 unspecified atom stereocenters. The molecule has 7 nitrogen and oxygen atoms in total. The van der Waals surface area contributed by atoms with E-state index >= 15 is 0 Å². The quantitative estimate of drug-likeness (QED) is 0.401. The van der Waals surface area contributed by atoms with Crippen molar-refractivity contribution in [3.63, 3.8) is 0 Å². The Bertz CT molecular complexity index is 1050. The first kappa shape index (κ1) is 17.8. The minimum atomic E-state index is -0.565. The number of carbonyl (C=O) groups is 2. The molecule has 0 aliphatic heterocycles. The fourth-order valence-corrected chi connectivity index (χ4v) is 3.80. The smallest absolute Gasteiger partial charge is 0.349 e. The molecule has 0 spiro atoms. The van der Waals surface area contributed by atoms with Crippen molar-refractivity contribution in [2.75, 3.05) is 12.4 Å². The van der Waals surface area contributed by atoms with Gasteiger partial charge in [-0.25, -0.2) is 4.79 Å². The largest absolute Gasteiger partial charge is 0.465 e. The monoisotopic (exact) mass is 390 g/mol. The normalized spacial score (nSPS) is 10.5. The van der Waals surface area contributed by atoms with Crippen LogP contribution in [0.1, 0.15) is 20.0 Å². The van der Waals surface area contributed by atoms with Crippen LogP contribution in [0.2, 0.25) is 5.02 Å². The number of rotatable bonds is 4. The number of thiophene rings is 1. The molecule has 26 heavy (non-hydrogen) atoms. The second-order valence-electron chi connectivity index (χ2n) is 5.21. The highest BCUT2D eigenvalue weighted by Crippen LogP contribution is 2.37. The Balaban J connectivity index is 1.89. The molecule has 0 bridgehead atoms. The van der Waals surface area contributed by atoms with Gasteiger partial charge in [-0.3, -0.25) is 14.9 Å². The van der Waals surface area contributed by atoms with Crippen LogP contribution in [0.4, 0.5) is 11.4 Å².